The van der Waals surface area contributed by atoms with E-state index in [0.717, 1.165) is 24.2 Å². The first-order valence-electron chi connectivity index (χ1n) is 9.31. The number of fused-ring (bicyclic) bond motifs is 5. The van der Waals surface area contributed by atoms with Crippen molar-refractivity contribution in [1.29, 1.82) is 0 Å². The van der Waals surface area contributed by atoms with Gasteiger partial charge in [0.15, 0.2) is 0 Å². The number of ether oxygens (including phenoxy) is 1. The van der Waals surface area contributed by atoms with E-state index in [-0.39, 0.29) is 0 Å². The summed E-state index contributed by atoms with van der Waals surface area (Å²) in [7, 11) is 1.81. The van der Waals surface area contributed by atoms with Crippen molar-refractivity contribution >= 4 is 0 Å². The van der Waals surface area contributed by atoms with Crippen LogP contribution in [0.25, 0.3) is 0 Å². The molecule has 0 aromatic carbocycles. The number of hydrogen-bond donors (Lipinski definition) is 0. The monoisotopic (exact) mass is 310 g/mol. The molecule has 3 unspecified atom stereocenters. The summed E-state index contributed by atoms with van der Waals surface area (Å²) >= 11 is 0. The highest BCUT2D eigenvalue weighted by Gasteiger charge is 2.55. The van der Waals surface area contributed by atoms with Crippen LogP contribution in [0.3, 0.4) is 0 Å². The predicted octanol–water partition coefficient (Wildman–Crippen LogP) is 5.81. The summed E-state index contributed by atoms with van der Waals surface area (Å²) in [6.07, 6.45) is 17.1. The average molecular weight is 310 g/mol. The molecule has 0 radical (unpaired) electrons. The first-order chi connectivity index (χ1) is 11.0. The molecule has 0 aromatic heterocycles. The zero-order chi connectivity index (χ0) is 16.2. The minimum absolute atomic E-state index is 0.364. The van der Waals surface area contributed by atoms with Crippen molar-refractivity contribution in [2.24, 2.45) is 28.6 Å². The molecule has 0 bridgehead atoms. The Hall–Kier alpha value is -1.24. The van der Waals surface area contributed by atoms with Crippen LogP contribution in [0.1, 0.15) is 52.4 Å². The predicted molar refractivity (Wildman–Crippen MR) is 95.8 cm³/mol. The lowest BCUT2D eigenvalue weighted by molar-refractivity contribution is -0.0104. The first kappa shape index (κ1) is 15.3. The summed E-state index contributed by atoms with van der Waals surface area (Å²) in [5, 5.41) is 0. The molecule has 4 aliphatic carbocycles. The minimum Gasteiger partial charge on any atom is -0.501 e. The summed E-state index contributed by atoms with van der Waals surface area (Å²) in [6, 6.07) is 0. The molecule has 124 valence electrons. The zero-order valence-electron chi connectivity index (χ0n) is 14.9. The molecule has 23 heavy (non-hydrogen) atoms. The van der Waals surface area contributed by atoms with E-state index in [0.29, 0.717) is 10.8 Å². The lowest BCUT2D eigenvalue weighted by Crippen LogP contribution is -2.48. The third-order valence-electron chi connectivity index (χ3n) is 7.85. The van der Waals surface area contributed by atoms with Gasteiger partial charge in [0.1, 0.15) is 0 Å². The van der Waals surface area contributed by atoms with Gasteiger partial charge < -0.3 is 4.74 Å². The topological polar surface area (TPSA) is 9.23 Å². The summed E-state index contributed by atoms with van der Waals surface area (Å²) in [5.74, 6) is 3.67. The Kier molecular flexibility index (Phi) is 3.41. The summed E-state index contributed by atoms with van der Waals surface area (Å²) < 4.78 is 5.54. The molecule has 0 aromatic rings. The van der Waals surface area contributed by atoms with E-state index in [2.05, 4.69) is 44.7 Å². The van der Waals surface area contributed by atoms with Gasteiger partial charge in [-0.05, 0) is 77.9 Å². The molecule has 1 nitrogen and oxygen atoms in total. The molecule has 0 saturated heterocycles. The van der Waals surface area contributed by atoms with E-state index in [9.17, 15) is 0 Å². The van der Waals surface area contributed by atoms with Gasteiger partial charge in [0, 0.05) is 6.42 Å². The van der Waals surface area contributed by atoms with Gasteiger partial charge >= 0.3 is 0 Å². The fourth-order valence-electron chi connectivity index (χ4n) is 6.38. The average Bonchev–Trinajstić information content (AvgIpc) is 2.90. The van der Waals surface area contributed by atoms with Crippen molar-refractivity contribution in [3.8, 4) is 0 Å². The van der Waals surface area contributed by atoms with Crippen molar-refractivity contribution in [3.05, 3.63) is 47.8 Å². The van der Waals surface area contributed by atoms with E-state index < -0.39 is 0 Å². The second-order valence-electron chi connectivity index (χ2n) is 8.56. The molecular formula is C22H30O. The van der Waals surface area contributed by atoms with Crippen molar-refractivity contribution in [2.75, 3.05) is 7.11 Å². The molecule has 1 saturated carbocycles. The summed E-state index contributed by atoms with van der Waals surface area (Å²) in [4.78, 5) is 0. The highest BCUT2D eigenvalue weighted by atomic mass is 16.5. The molecule has 1 fully saturated rings. The number of rotatable bonds is 2. The maximum atomic E-state index is 5.54. The second-order valence-corrected chi connectivity index (χ2v) is 8.56. The Morgan fingerprint density at radius 2 is 1.96 bits per heavy atom. The molecule has 0 N–H and O–H groups in total. The molecule has 0 amide bonds. The van der Waals surface area contributed by atoms with Crippen LogP contribution >= 0.6 is 0 Å². The molecule has 0 heterocycles. The summed E-state index contributed by atoms with van der Waals surface area (Å²) in [6.45, 7) is 9.10. The van der Waals surface area contributed by atoms with Gasteiger partial charge in [0.2, 0.25) is 0 Å². The molecule has 4 aliphatic rings. The molecule has 5 atom stereocenters. The van der Waals surface area contributed by atoms with Gasteiger partial charge in [-0.15, -0.1) is 0 Å². The van der Waals surface area contributed by atoms with Crippen LogP contribution in [-0.2, 0) is 4.74 Å². The fourth-order valence-corrected chi connectivity index (χ4v) is 6.38. The number of methoxy groups -OCH3 is 1. The van der Waals surface area contributed by atoms with Crippen molar-refractivity contribution < 1.29 is 4.74 Å². The first-order valence-corrected chi connectivity index (χ1v) is 9.31. The zero-order valence-corrected chi connectivity index (χ0v) is 14.9. The van der Waals surface area contributed by atoms with Crippen LogP contribution in [0.5, 0.6) is 0 Å². The SMILES string of the molecule is C=CC1=CCC2C3CC=C4C=C(OC)CC[C@]4(C)C3CC[C@]12C. The van der Waals surface area contributed by atoms with Crippen LogP contribution in [0.15, 0.2) is 47.8 Å². The Morgan fingerprint density at radius 1 is 1.13 bits per heavy atom. The Labute approximate surface area is 141 Å². The maximum Gasteiger partial charge on any atom is 0.0958 e. The Balaban J connectivity index is 1.69. The molecular weight excluding hydrogens is 280 g/mol. The Bertz CT molecular complexity index is 622. The maximum absolute atomic E-state index is 5.54. The number of allylic oxidation sites excluding steroid dienone is 7. The number of hydrogen-bond acceptors (Lipinski definition) is 1. The summed E-state index contributed by atoms with van der Waals surface area (Å²) in [5.41, 5.74) is 3.82. The van der Waals surface area contributed by atoms with Crippen LogP contribution in [0.4, 0.5) is 0 Å². The second kappa shape index (κ2) is 5.13. The smallest absolute Gasteiger partial charge is 0.0958 e. The van der Waals surface area contributed by atoms with Gasteiger partial charge in [-0.25, -0.2) is 0 Å². The molecule has 4 rings (SSSR count). The van der Waals surface area contributed by atoms with Crippen LogP contribution in [0, 0.1) is 28.6 Å². The van der Waals surface area contributed by atoms with E-state index in [1.807, 2.05) is 7.11 Å². The Morgan fingerprint density at radius 3 is 2.70 bits per heavy atom. The lowest BCUT2D eigenvalue weighted by Gasteiger charge is -2.56. The fraction of sp³-hybridized carbons (Fsp3) is 0.636. The van der Waals surface area contributed by atoms with Crippen molar-refractivity contribution in [1.82, 2.24) is 0 Å². The molecule has 0 aliphatic heterocycles. The van der Waals surface area contributed by atoms with E-state index >= 15 is 0 Å². The van der Waals surface area contributed by atoms with E-state index in [1.54, 1.807) is 5.57 Å². The van der Waals surface area contributed by atoms with Gasteiger partial charge in [0.25, 0.3) is 0 Å². The van der Waals surface area contributed by atoms with Crippen molar-refractivity contribution in [3.63, 3.8) is 0 Å². The van der Waals surface area contributed by atoms with E-state index in [4.69, 9.17) is 4.74 Å². The van der Waals surface area contributed by atoms with Crippen LogP contribution < -0.4 is 0 Å². The lowest BCUT2D eigenvalue weighted by atomic mass is 9.48. The third kappa shape index (κ3) is 1.98. The van der Waals surface area contributed by atoms with Gasteiger partial charge in [-0.3, -0.25) is 0 Å². The van der Waals surface area contributed by atoms with Crippen LogP contribution in [-0.4, -0.2) is 7.11 Å². The van der Waals surface area contributed by atoms with Crippen molar-refractivity contribution in [2.45, 2.75) is 52.4 Å². The normalized spacial score (nSPS) is 45.0. The minimum atomic E-state index is 0.364. The van der Waals surface area contributed by atoms with Gasteiger partial charge in [-0.2, -0.15) is 0 Å². The van der Waals surface area contributed by atoms with E-state index in [1.165, 1.54) is 43.4 Å². The van der Waals surface area contributed by atoms with Gasteiger partial charge in [0.05, 0.1) is 12.9 Å². The molecule has 1 heteroatoms. The highest BCUT2D eigenvalue weighted by Crippen LogP contribution is 2.64. The van der Waals surface area contributed by atoms with Crippen LogP contribution in [0.2, 0.25) is 0 Å². The standard InChI is InChI=1S/C22H30O/c1-5-15-7-9-19-18-8-6-16-14-17(23-4)10-12-22(16,3)20(18)11-13-21(15,19)2/h5-7,14,18-20H,1,8-13H2,2-4H3/t18?,19?,20?,21-,22+/m1/s1. The highest BCUT2D eigenvalue weighted by molar-refractivity contribution is 5.38. The molecule has 0 spiro atoms. The quantitative estimate of drug-likeness (QED) is 0.625. The van der Waals surface area contributed by atoms with Gasteiger partial charge in [-0.1, -0.05) is 38.7 Å². The largest absolute Gasteiger partial charge is 0.501 e. The third-order valence-corrected chi connectivity index (χ3v) is 7.85.